The van der Waals surface area contributed by atoms with E-state index < -0.39 is 16.1 Å². The van der Waals surface area contributed by atoms with Crippen LogP contribution in [0.3, 0.4) is 0 Å². The smallest absolute Gasteiger partial charge is 0.267 e. The second kappa shape index (κ2) is 6.98. The van der Waals surface area contributed by atoms with E-state index >= 15 is 0 Å². The topological polar surface area (TPSA) is 75.7 Å². The molecule has 0 radical (unpaired) electrons. The summed E-state index contributed by atoms with van der Waals surface area (Å²) in [6.07, 6.45) is 2.57. The van der Waals surface area contributed by atoms with Gasteiger partial charge in [-0.3, -0.25) is 4.79 Å². The number of amides is 1. The molecule has 6 nitrogen and oxygen atoms in total. The highest BCUT2D eigenvalue weighted by Gasteiger charge is 2.32. The Bertz CT molecular complexity index is 987. The molecule has 4 rings (SSSR count). The van der Waals surface area contributed by atoms with Gasteiger partial charge in [0.1, 0.15) is 5.75 Å². The SMILES string of the molecule is CN1C(=O)C(CCNS(=O)(=O)c2ccc3c(c2)CCC3)Oc2ccccc21. The third-order valence-corrected chi connectivity index (χ3v) is 6.64. The van der Waals surface area contributed by atoms with Gasteiger partial charge < -0.3 is 9.64 Å². The second-order valence-electron chi connectivity index (χ2n) is 6.94. The van der Waals surface area contributed by atoms with Gasteiger partial charge in [-0.2, -0.15) is 0 Å². The predicted molar refractivity (Wildman–Crippen MR) is 103 cm³/mol. The molecule has 1 aliphatic carbocycles. The number of para-hydroxylation sites is 2. The number of ether oxygens (including phenoxy) is 1. The summed E-state index contributed by atoms with van der Waals surface area (Å²) in [5.41, 5.74) is 3.07. The van der Waals surface area contributed by atoms with Crippen LogP contribution in [0, 0.1) is 0 Å². The van der Waals surface area contributed by atoms with Crippen LogP contribution in [0.1, 0.15) is 24.0 Å². The summed E-state index contributed by atoms with van der Waals surface area (Å²) in [6.45, 7) is 0.131. The molecule has 1 atom stereocenters. The van der Waals surface area contributed by atoms with Crippen LogP contribution in [0.5, 0.6) is 5.75 Å². The summed E-state index contributed by atoms with van der Waals surface area (Å²) in [6, 6.07) is 12.6. The number of nitrogens with one attached hydrogen (secondary N) is 1. The number of fused-ring (bicyclic) bond motifs is 2. The fraction of sp³-hybridized carbons (Fsp3) is 0.350. The Morgan fingerprint density at radius 2 is 1.93 bits per heavy atom. The monoisotopic (exact) mass is 386 g/mol. The Labute approximate surface area is 159 Å². The molecule has 1 aliphatic heterocycles. The number of hydrogen-bond acceptors (Lipinski definition) is 4. The minimum absolute atomic E-state index is 0.131. The summed E-state index contributed by atoms with van der Waals surface area (Å²) in [5, 5.41) is 0. The molecule has 1 unspecified atom stereocenters. The standard InChI is InChI=1S/C20H22N2O4S/c1-22-17-7-2-3-8-18(17)26-19(20(22)23)11-12-21-27(24,25)16-10-9-14-5-4-6-15(14)13-16/h2-3,7-10,13,19,21H,4-6,11-12H2,1H3. The van der Waals surface area contributed by atoms with Crippen molar-refractivity contribution < 1.29 is 17.9 Å². The van der Waals surface area contributed by atoms with Crippen LogP contribution in [0.15, 0.2) is 47.4 Å². The quantitative estimate of drug-likeness (QED) is 0.855. The first kappa shape index (κ1) is 18.0. The summed E-state index contributed by atoms with van der Waals surface area (Å²) in [4.78, 5) is 14.3. The van der Waals surface area contributed by atoms with Gasteiger partial charge in [0.25, 0.3) is 5.91 Å². The Balaban J connectivity index is 1.41. The molecule has 27 heavy (non-hydrogen) atoms. The van der Waals surface area contributed by atoms with Crippen molar-refractivity contribution in [3.05, 3.63) is 53.6 Å². The summed E-state index contributed by atoms with van der Waals surface area (Å²) in [7, 11) is -1.90. The van der Waals surface area contributed by atoms with Crippen LogP contribution in [0.25, 0.3) is 0 Å². The van der Waals surface area contributed by atoms with Gasteiger partial charge in [0.2, 0.25) is 10.0 Å². The Morgan fingerprint density at radius 1 is 1.15 bits per heavy atom. The Hall–Kier alpha value is -2.38. The van der Waals surface area contributed by atoms with Gasteiger partial charge in [-0.25, -0.2) is 13.1 Å². The van der Waals surface area contributed by atoms with Gasteiger partial charge in [0.05, 0.1) is 10.6 Å². The molecule has 1 amide bonds. The van der Waals surface area contributed by atoms with Crippen molar-refractivity contribution >= 4 is 21.6 Å². The maximum atomic E-state index is 12.6. The van der Waals surface area contributed by atoms with Gasteiger partial charge in [-0.05, 0) is 54.7 Å². The first-order valence-corrected chi connectivity index (χ1v) is 10.6. The molecule has 0 bridgehead atoms. The number of likely N-dealkylation sites (N-methyl/N-ethyl adjacent to an activating group) is 1. The van der Waals surface area contributed by atoms with Crippen LogP contribution in [0.4, 0.5) is 5.69 Å². The molecular formula is C20H22N2O4S. The van der Waals surface area contributed by atoms with E-state index in [1.54, 1.807) is 30.1 Å². The zero-order chi connectivity index (χ0) is 19.0. The third kappa shape index (κ3) is 3.44. The number of carbonyl (C=O) groups is 1. The molecule has 2 aromatic carbocycles. The number of anilines is 1. The summed E-state index contributed by atoms with van der Waals surface area (Å²) < 4.78 is 33.5. The first-order chi connectivity index (χ1) is 13.0. The van der Waals surface area contributed by atoms with Crippen molar-refractivity contribution in [1.82, 2.24) is 4.72 Å². The number of aryl methyl sites for hydroxylation is 2. The van der Waals surface area contributed by atoms with E-state index in [4.69, 9.17) is 4.74 Å². The van der Waals surface area contributed by atoms with Gasteiger partial charge in [0, 0.05) is 20.0 Å². The maximum absolute atomic E-state index is 12.6. The normalized spacial score (nSPS) is 18.8. The molecule has 1 N–H and O–H groups in total. The van der Waals surface area contributed by atoms with E-state index in [0.717, 1.165) is 30.5 Å². The van der Waals surface area contributed by atoms with Crippen LogP contribution < -0.4 is 14.4 Å². The fourth-order valence-corrected chi connectivity index (χ4v) is 4.78. The van der Waals surface area contributed by atoms with Crippen LogP contribution >= 0.6 is 0 Å². The fourth-order valence-electron chi connectivity index (χ4n) is 3.68. The lowest BCUT2D eigenvalue weighted by Gasteiger charge is -2.31. The number of sulfonamides is 1. The zero-order valence-electron chi connectivity index (χ0n) is 15.1. The molecule has 0 saturated carbocycles. The summed E-state index contributed by atoms with van der Waals surface area (Å²) in [5.74, 6) is 0.455. The summed E-state index contributed by atoms with van der Waals surface area (Å²) >= 11 is 0. The minimum Gasteiger partial charge on any atom is -0.478 e. The van der Waals surface area contributed by atoms with Gasteiger partial charge in [0.15, 0.2) is 6.10 Å². The number of nitrogens with zero attached hydrogens (tertiary/aromatic N) is 1. The molecule has 0 saturated heterocycles. The van der Waals surface area contributed by atoms with Crippen LogP contribution in [-0.4, -0.2) is 34.0 Å². The van der Waals surface area contributed by atoms with Gasteiger partial charge >= 0.3 is 0 Å². The van der Waals surface area contributed by atoms with E-state index in [1.165, 1.54) is 5.56 Å². The molecule has 0 aromatic heterocycles. The minimum atomic E-state index is -3.60. The van der Waals surface area contributed by atoms with Crippen LogP contribution in [-0.2, 0) is 27.7 Å². The lowest BCUT2D eigenvalue weighted by atomic mass is 10.1. The van der Waals surface area contributed by atoms with Crippen molar-refractivity contribution in [2.45, 2.75) is 36.7 Å². The first-order valence-electron chi connectivity index (χ1n) is 9.10. The Morgan fingerprint density at radius 3 is 2.78 bits per heavy atom. The zero-order valence-corrected chi connectivity index (χ0v) is 16.0. The van der Waals surface area contributed by atoms with Gasteiger partial charge in [-0.1, -0.05) is 18.2 Å². The van der Waals surface area contributed by atoms with Gasteiger partial charge in [-0.15, -0.1) is 0 Å². The Kier molecular flexibility index (Phi) is 4.65. The largest absolute Gasteiger partial charge is 0.478 e. The van der Waals surface area contributed by atoms with Crippen LogP contribution in [0.2, 0.25) is 0 Å². The van der Waals surface area contributed by atoms with Crippen molar-refractivity contribution in [2.75, 3.05) is 18.5 Å². The third-order valence-electron chi connectivity index (χ3n) is 5.18. The molecule has 1 heterocycles. The number of benzene rings is 2. The molecule has 2 aromatic rings. The van der Waals surface area contributed by atoms with E-state index in [1.807, 2.05) is 24.3 Å². The number of carbonyl (C=O) groups excluding carboxylic acids is 1. The van der Waals surface area contributed by atoms with E-state index in [9.17, 15) is 13.2 Å². The van der Waals surface area contributed by atoms with Crippen molar-refractivity contribution in [3.8, 4) is 5.75 Å². The number of hydrogen-bond donors (Lipinski definition) is 1. The molecule has 142 valence electrons. The molecule has 7 heteroatoms. The lowest BCUT2D eigenvalue weighted by Crippen LogP contribution is -2.45. The average molecular weight is 386 g/mol. The maximum Gasteiger partial charge on any atom is 0.267 e. The molecule has 0 fully saturated rings. The lowest BCUT2D eigenvalue weighted by molar-refractivity contribution is -0.126. The highest BCUT2D eigenvalue weighted by atomic mass is 32.2. The average Bonchev–Trinajstić information content (AvgIpc) is 3.13. The second-order valence-corrected chi connectivity index (χ2v) is 8.71. The van der Waals surface area contributed by atoms with Crippen molar-refractivity contribution in [1.29, 1.82) is 0 Å². The predicted octanol–water partition coefficient (Wildman–Crippen LogP) is 2.27. The molecule has 2 aliphatic rings. The van der Waals surface area contributed by atoms with Crippen molar-refractivity contribution in [2.24, 2.45) is 0 Å². The number of rotatable bonds is 5. The van der Waals surface area contributed by atoms with E-state index in [0.29, 0.717) is 5.75 Å². The molecule has 0 spiro atoms. The highest BCUT2D eigenvalue weighted by molar-refractivity contribution is 7.89. The van der Waals surface area contributed by atoms with E-state index in [2.05, 4.69) is 4.72 Å². The van der Waals surface area contributed by atoms with E-state index in [-0.39, 0.29) is 23.8 Å². The highest BCUT2D eigenvalue weighted by Crippen LogP contribution is 2.33. The molecular weight excluding hydrogens is 364 g/mol. The van der Waals surface area contributed by atoms with Crippen molar-refractivity contribution in [3.63, 3.8) is 0 Å².